The van der Waals surface area contributed by atoms with Crippen molar-refractivity contribution in [3.8, 4) is 0 Å². The zero-order valence-electron chi connectivity index (χ0n) is 13.7. The molecule has 1 fully saturated rings. The molecule has 1 unspecified atom stereocenters. The van der Waals surface area contributed by atoms with Crippen LogP contribution in [0.5, 0.6) is 0 Å². The number of rotatable bonds is 6. The molecule has 4 atom stereocenters. The van der Waals surface area contributed by atoms with Crippen molar-refractivity contribution in [1.82, 2.24) is 0 Å². The molecular weight excluding hydrogens is 336 g/mol. The van der Waals surface area contributed by atoms with Gasteiger partial charge in [-0.3, -0.25) is 18.6 Å². The van der Waals surface area contributed by atoms with E-state index in [1.165, 1.54) is 0 Å². The molecule has 1 aliphatic rings. The second-order valence-electron chi connectivity index (χ2n) is 4.65. The SMILES string of the molecule is [2H]CS(=O)(=O)O[C@H]1[C@@H](COC(C)=O)OC(OC(C)=O)[C@@H]1OC(C)=O. The Morgan fingerprint density at radius 3 is 2.13 bits per heavy atom. The molecule has 0 aromatic carbocycles. The molecule has 23 heavy (non-hydrogen) atoms. The van der Waals surface area contributed by atoms with E-state index in [-0.39, 0.29) is 0 Å². The Balaban J connectivity index is 3.08. The fraction of sp³-hybridized carbons (Fsp3) is 0.750. The predicted molar refractivity (Wildman–Crippen MR) is 72.3 cm³/mol. The van der Waals surface area contributed by atoms with Gasteiger partial charge in [0.05, 0.1) is 6.23 Å². The number of hydrogen-bond acceptors (Lipinski definition) is 10. The lowest BCUT2D eigenvalue weighted by Gasteiger charge is -2.22. The summed E-state index contributed by atoms with van der Waals surface area (Å²) in [7, 11) is -4.28. The third-order valence-electron chi connectivity index (χ3n) is 2.56. The van der Waals surface area contributed by atoms with Crippen molar-refractivity contribution in [3.63, 3.8) is 0 Å². The molecule has 11 heteroatoms. The minimum absolute atomic E-state index is 0.428. The number of carbonyl (C=O) groups is 3. The van der Waals surface area contributed by atoms with E-state index >= 15 is 0 Å². The normalized spacial score (nSPS) is 27.9. The minimum atomic E-state index is -4.28. The second-order valence-corrected chi connectivity index (χ2v) is 5.96. The van der Waals surface area contributed by atoms with E-state index in [0.717, 1.165) is 20.8 Å². The molecule has 1 aliphatic heterocycles. The van der Waals surface area contributed by atoms with Gasteiger partial charge in [0.1, 0.15) is 18.8 Å². The van der Waals surface area contributed by atoms with Gasteiger partial charge in [0.25, 0.3) is 10.1 Å². The highest BCUT2D eigenvalue weighted by molar-refractivity contribution is 7.86. The number of carbonyl (C=O) groups excluding carboxylic acids is 3. The zero-order valence-corrected chi connectivity index (χ0v) is 13.5. The average molecular weight is 355 g/mol. The molecule has 0 aromatic heterocycles. The zero-order chi connectivity index (χ0) is 18.5. The van der Waals surface area contributed by atoms with Crippen LogP contribution in [0.2, 0.25) is 0 Å². The first kappa shape index (κ1) is 17.6. The lowest BCUT2D eigenvalue weighted by molar-refractivity contribution is -0.197. The Labute approximate surface area is 134 Å². The molecule has 132 valence electrons. The largest absolute Gasteiger partial charge is 0.463 e. The van der Waals surface area contributed by atoms with Gasteiger partial charge in [-0.15, -0.1) is 0 Å². The highest BCUT2D eigenvalue weighted by Crippen LogP contribution is 2.29. The highest BCUT2D eigenvalue weighted by atomic mass is 32.2. The van der Waals surface area contributed by atoms with E-state index in [0.29, 0.717) is 0 Å². The number of ether oxygens (including phenoxy) is 4. The van der Waals surface area contributed by atoms with Crippen LogP contribution in [0.25, 0.3) is 0 Å². The molecule has 0 amide bonds. The molecule has 1 heterocycles. The first-order chi connectivity index (χ1) is 11.1. The van der Waals surface area contributed by atoms with Gasteiger partial charge < -0.3 is 18.9 Å². The summed E-state index contributed by atoms with van der Waals surface area (Å²) >= 11 is 0. The molecule has 0 spiro atoms. The Kier molecular flexibility index (Phi) is 5.91. The van der Waals surface area contributed by atoms with Crippen molar-refractivity contribution >= 4 is 28.0 Å². The fourth-order valence-electron chi connectivity index (χ4n) is 1.89. The molecule has 1 saturated heterocycles. The van der Waals surface area contributed by atoms with Crippen LogP contribution in [0.1, 0.15) is 22.1 Å². The summed E-state index contributed by atoms with van der Waals surface area (Å²) < 4.78 is 54.7. The molecular formula is C12H18O10S. The van der Waals surface area contributed by atoms with E-state index < -0.39 is 65.5 Å². The lowest BCUT2D eigenvalue weighted by atomic mass is 10.1. The summed E-state index contributed by atoms with van der Waals surface area (Å²) in [6.45, 7) is 2.83. The van der Waals surface area contributed by atoms with Gasteiger partial charge >= 0.3 is 17.9 Å². The maximum atomic E-state index is 11.6. The van der Waals surface area contributed by atoms with Gasteiger partial charge in [-0.2, -0.15) is 8.42 Å². The third-order valence-corrected chi connectivity index (χ3v) is 3.08. The van der Waals surface area contributed by atoms with Crippen LogP contribution >= 0.6 is 0 Å². The summed E-state index contributed by atoms with van der Waals surface area (Å²) in [4.78, 5) is 33.3. The van der Waals surface area contributed by atoms with Crippen LogP contribution in [-0.2, 0) is 47.6 Å². The molecule has 0 aliphatic carbocycles. The molecule has 0 aromatic rings. The Hall–Kier alpha value is -1.72. The molecule has 0 bridgehead atoms. The van der Waals surface area contributed by atoms with Crippen molar-refractivity contribution in [2.24, 2.45) is 0 Å². The molecule has 0 radical (unpaired) electrons. The summed E-state index contributed by atoms with van der Waals surface area (Å²) in [6, 6.07) is 0. The maximum absolute atomic E-state index is 11.6. The average Bonchev–Trinajstić information content (AvgIpc) is 2.73. The van der Waals surface area contributed by atoms with Crippen LogP contribution in [-0.4, -0.2) is 63.8 Å². The summed E-state index contributed by atoms with van der Waals surface area (Å²) in [5, 5.41) is 0. The quantitative estimate of drug-likeness (QED) is 0.336. The smallest absolute Gasteiger partial charge is 0.305 e. The van der Waals surface area contributed by atoms with Crippen molar-refractivity contribution < 1.29 is 47.3 Å². The van der Waals surface area contributed by atoms with Crippen molar-refractivity contribution in [1.29, 1.82) is 0 Å². The van der Waals surface area contributed by atoms with E-state index in [2.05, 4.69) is 0 Å². The van der Waals surface area contributed by atoms with E-state index in [1.54, 1.807) is 0 Å². The molecule has 0 saturated carbocycles. The van der Waals surface area contributed by atoms with Crippen molar-refractivity contribution in [3.05, 3.63) is 0 Å². The highest BCUT2D eigenvalue weighted by Gasteiger charge is 2.51. The van der Waals surface area contributed by atoms with Gasteiger partial charge in [-0.1, -0.05) is 0 Å². The fourth-order valence-corrected chi connectivity index (χ4v) is 2.46. The van der Waals surface area contributed by atoms with Gasteiger partial charge in [-0.25, -0.2) is 0 Å². The number of esters is 3. The van der Waals surface area contributed by atoms with Gasteiger partial charge in [0.2, 0.25) is 6.29 Å². The van der Waals surface area contributed by atoms with Crippen molar-refractivity contribution in [2.75, 3.05) is 12.8 Å². The molecule has 0 N–H and O–H groups in total. The van der Waals surface area contributed by atoms with Crippen LogP contribution < -0.4 is 0 Å². The van der Waals surface area contributed by atoms with Crippen LogP contribution in [0.4, 0.5) is 0 Å². The second kappa shape index (κ2) is 7.70. The van der Waals surface area contributed by atoms with Crippen LogP contribution in [0.3, 0.4) is 0 Å². The number of hydrogen-bond donors (Lipinski definition) is 0. The Bertz CT molecular complexity index is 589. The van der Waals surface area contributed by atoms with Gasteiger partial charge in [0.15, 0.2) is 6.10 Å². The lowest BCUT2D eigenvalue weighted by Crippen LogP contribution is -2.42. The Morgan fingerprint density at radius 1 is 1.04 bits per heavy atom. The van der Waals surface area contributed by atoms with Crippen LogP contribution in [0.15, 0.2) is 0 Å². The standard InChI is InChI=1S/C12H18O10S/c1-6(13)18-5-9-10(22-23(4,16)17)11(19-7(2)14)12(21-9)20-8(3)15/h9-12H,5H2,1-4H3/t9-,10+,11-,12?/m1/s1/i4D. The van der Waals surface area contributed by atoms with Gasteiger partial charge in [0, 0.05) is 22.1 Å². The van der Waals surface area contributed by atoms with Crippen LogP contribution in [0, 0.1) is 0 Å². The van der Waals surface area contributed by atoms with Crippen molar-refractivity contribution in [2.45, 2.75) is 45.4 Å². The maximum Gasteiger partial charge on any atom is 0.305 e. The molecule has 1 rings (SSSR count). The first-order valence-electron chi connectivity index (χ1n) is 7.10. The first-order valence-corrected chi connectivity index (χ1v) is 7.97. The molecule has 10 nitrogen and oxygen atoms in total. The third kappa shape index (κ3) is 6.50. The predicted octanol–water partition coefficient (Wildman–Crippen LogP) is -0.886. The van der Waals surface area contributed by atoms with E-state index in [9.17, 15) is 22.8 Å². The topological polar surface area (TPSA) is 132 Å². The van der Waals surface area contributed by atoms with E-state index in [1.807, 2.05) is 0 Å². The van der Waals surface area contributed by atoms with E-state index in [4.69, 9.17) is 24.5 Å². The summed E-state index contributed by atoms with van der Waals surface area (Å²) in [5.74, 6) is -2.24. The summed E-state index contributed by atoms with van der Waals surface area (Å²) in [6.07, 6.45) is -6.59. The monoisotopic (exact) mass is 355 g/mol. The summed E-state index contributed by atoms with van der Waals surface area (Å²) in [5.41, 5.74) is 0. The Morgan fingerprint density at radius 2 is 1.65 bits per heavy atom. The minimum Gasteiger partial charge on any atom is -0.463 e. The van der Waals surface area contributed by atoms with Gasteiger partial charge in [-0.05, 0) is 0 Å².